The van der Waals surface area contributed by atoms with E-state index in [1.54, 1.807) is 19.3 Å². The molecular formula is C11H15N7O. The lowest BCUT2D eigenvalue weighted by Crippen LogP contribution is -2.21. The summed E-state index contributed by atoms with van der Waals surface area (Å²) in [6.07, 6.45) is 6.20. The van der Waals surface area contributed by atoms with Crippen LogP contribution >= 0.6 is 0 Å². The average Bonchev–Trinajstić information content (AvgIpc) is 3.09. The van der Waals surface area contributed by atoms with Gasteiger partial charge in [-0.3, -0.25) is 14.8 Å². The Morgan fingerprint density at radius 2 is 2.21 bits per heavy atom. The third-order valence-electron chi connectivity index (χ3n) is 3.42. The second kappa shape index (κ2) is 4.79. The van der Waals surface area contributed by atoms with Gasteiger partial charge in [0.1, 0.15) is 5.69 Å². The van der Waals surface area contributed by atoms with E-state index in [9.17, 15) is 4.79 Å². The van der Waals surface area contributed by atoms with Crippen molar-refractivity contribution in [3.8, 4) is 0 Å². The molecule has 0 saturated heterocycles. The highest BCUT2D eigenvalue weighted by Crippen LogP contribution is 2.29. The largest absolute Gasteiger partial charge is 0.288 e. The standard InChI is InChI=1S/C11H15N7O/c1-17-11(14-15-16-17)13-10(19)9-6-7-12-18(9)8-4-2-3-5-8/h6-8H,2-5H2,1H3,(H,13,14,16,19). The summed E-state index contributed by atoms with van der Waals surface area (Å²) in [6, 6.07) is 2.05. The van der Waals surface area contributed by atoms with Gasteiger partial charge in [-0.25, -0.2) is 4.68 Å². The van der Waals surface area contributed by atoms with Crippen LogP contribution in [0.2, 0.25) is 0 Å². The molecule has 8 heteroatoms. The van der Waals surface area contributed by atoms with E-state index < -0.39 is 0 Å². The van der Waals surface area contributed by atoms with E-state index in [1.807, 2.05) is 4.68 Å². The van der Waals surface area contributed by atoms with Gasteiger partial charge in [-0.15, -0.1) is 0 Å². The second-order valence-corrected chi connectivity index (χ2v) is 4.68. The molecule has 2 heterocycles. The van der Waals surface area contributed by atoms with Crippen LogP contribution in [0.15, 0.2) is 12.3 Å². The van der Waals surface area contributed by atoms with Crippen molar-refractivity contribution in [3.63, 3.8) is 0 Å². The predicted octanol–water partition coefficient (Wildman–Crippen LogP) is 0.774. The van der Waals surface area contributed by atoms with Crippen LogP contribution in [0.3, 0.4) is 0 Å². The number of hydrogen-bond donors (Lipinski definition) is 1. The number of nitrogens with one attached hydrogen (secondary N) is 1. The molecule has 0 unspecified atom stereocenters. The molecule has 8 nitrogen and oxygen atoms in total. The van der Waals surface area contributed by atoms with E-state index in [0.29, 0.717) is 17.7 Å². The zero-order valence-electron chi connectivity index (χ0n) is 10.7. The molecule has 1 aliphatic carbocycles. The van der Waals surface area contributed by atoms with Crippen molar-refractivity contribution in [1.82, 2.24) is 30.0 Å². The zero-order chi connectivity index (χ0) is 13.2. The molecule has 0 bridgehead atoms. The fraction of sp³-hybridized carbons (Fsp3) is 0.545. The van der Waals surface area contributed by atoms with Gasteiger partial charge >= 0.3 is 0 Å². The molecule has 2 aromatic rings. The van der Waals surface area contributed by atoms with Gasteiger partial charge in [-0.05, 0) is 29.3 Å². The Hall–Kier alpha value is -2.25. The first kappa shape index (κ1) is 11.8. The average molecular weight is 261 g/mol. The minimum atomic E-state index is -0.234. The fourth-order valence-corrected chi connectivity index (χ4v) is 2.43. The molecule has 0 aliphatic heterocycles. The highest BCUT2D eigenvalue weighted by Gasteiger charge is 2.23. The Balaban J connectivity index is 1.80. The molecule has 0 atom stereocenters. The van der Waals surface area contributed by atoms with Crippen LogP contribution < -0.4 is 5.32 Å². The highest BCUT2D eigenvalue weighted by atomic mass is 16.2. The molecule has 0 radical (unpaired) electrons. The molecule has 1 amide bonds. The number of rotatable bonds is 3. The zero-order valence-corrected chi connectivity index (χ0v) is 10.7. The van der Waals surface area contributed by atoms with Crippen LogP contribution in [0.5, 0.6) is 0 Å². The smallest absolute Gasteiger partial charge is 0.276 e. The van der Waals surface area contributed by atoms with Gasteiger partial charge in [0, 0.05) is 13.2 Å². The summed E-state index contributed by atoms with van der Waals surface area (Å²) in [5.74, 6) is 0.0893. The minimum Gasteiger partial charge on any atom is -0.288 e. The normalized spacial score (nSPS) is 15.8. The molecule has 19 heavy (non-hydrogen) atoms. The number of tetrazole rings is 1. The number of aromatic nitrogens is 6. The summed E-state index contributed by atoms with van der Waals surface area (Å²) in [4.78, 5) is 12.2. The first-order valence-electron chi connectivity index (χ1n) is 6.33. The molecule has 1 saturated carbocycles. The van der Waals surface area contributed by atoms with Crippen LogP contribution in [0.25, 0.3) is 0 Å². The first-order chi connectivity index (χ1) is 9.25. The van der Waals surface area contributed by atoms with Crippen molar-refractivity contribution >= 4 is 11.9 Å². The maximum Gasteiger partial charge on any atom is 0.276 e. The molecular weight excluding hydrogens is 246 g/mol. The van der Waals surface area contributed by atoms with E-state index in [2.05, 4.69) is 25.9 Å². The van der Waals surface area contributed by atoms with Gasteiger partial charge in [0.2, 0.25) is 5.95 Å². The molecule has 1 aliphatic rings. The van der Waals surface area contributed by atoms with E-state index >= 15 is 0 Å². The topological polar surface area (TPSA) is 90.5 Å². The van der Waals surface area contributed by atoms with Gasteiger partial charge in [0.05, 0.1) is 6.04 Å². The highest BCUT2D eigenvalue weighted by molar-refractivity contribution is 6.02. The van der Waals surface area contributed by atoms with Gasteiger partial charge < -0.3 is 0 Å². The molecule has 1 N–H and O–H groups in total. The summed E-state index contributed by atoms with van der Waals surface area (Å²) in [7, 11) is 1.67. The summed E-state index contributed by atoms with van der Waals surface area (Å²) in [5, 5.41) is 17.8. The number of hydrogen-bond acceptors (Lipinski definition) is 5. The van der Waals surface area contributed by atoms with Crippen LogP contribution in [-0.4, -0.2) is 35.9 Å². The second-order valence-electron chi connectivity index (χ2n) is 4.68. The number of carbonyl (C=O) groups is 1. The molecule has 3 rings (SSSR count). The predicted molar refractivity (Wildman–Crippen MR) is 66.5 cm³/mol. The third-order valence-corrected chi connectivity index (χ3v) is 3.42. The number of nitrogens with zero attached hydrogens (tertiary/aromatic N) is 6. The lowest BCUT2D eigenvalue weighted by molar-refractivity contribution is 0.101. The summed E-state index contributed by atoms with van der Waals surface area (Å²) < 4.78 is 3.22. The molecule has 100 valence electrons. The molecule has 1 fully saturated rings. The van der Waals surface area contributed by atoms with Gasteiger partial charge in [-0.1, -0.05) is 17.9 Å². The number of aryl methyl sites for hydroxylation is 1. The van der Waals surface area contributed by atoms with Crippen LogP contribution in [0.4, 0.5) is 5.95 Å². The van der Waals surface area contributed by atoms with Crippen molar-refractivity contribution in [2.75, 3.05) is 5.32 Å². The summed E-state index contributed by atoms with van der Waals surface area (Å²) >= 11 is 0. The monoisotopic (exact) mass is 261 g/mol. The Morgan fingerprint density at radius 3 is 2.89 bits per heavy atom. The van der Waals surface area contributed by atoms with E-state index in [-0.39, 0.29) is 5.91 Å². The van der Waals surface area contributed by atoms with Gasteiger partial charge in [0.15, 0.2) is 0 Å². The van der Waals surface area contributed by atoms with Gasteiger partial charge in [-0.2, -0.15) is 5.10 Å². The lowest BCUT2D eigenvalue weighted by atomic mass is 10.2. The van der Waals surface area contributed by atoms with Crippen LogP contribution in [0.1, 0.15) is 42.2 Å². The Labute approximate surface area is 109 Å². The van der Waals surface area contributed by atoms with E-state index in [4.69, 9.17) is 0 Å². The molecule has 2 aromatic heterocycles. The summed E-state index contributed by atoms with van der Waals surface area (Å²) in [6.45, 7) is 0. The van der Waals surface area contributed by atoms with Crippen LogP contribution in [-0.2, 0) is 7.05 Å². The number of carbonyl (C=O) groups excluding carboxylic acids is 1. The van der Waals surface area contributed by atoms with Gasteiger partial charge in [0.25, 0.3) is 5.91 Å². The molecule has 0 spiro atoms. The van der Waals surface area contributed by atoms with Crippen LogP contribution in [0, 0.1) is 0 Å². The Morgan fingerprint density at radius 1 is 1.42 bits per heavy atom. The maximum atomic E-state index is 12.2. The number of anilines is 1. The Kier molecular flexibility index (Phi) is 2.98. The fourth-order valence-electron chi connectivity index (χ4n) is 2.43. The van der Waals surface area contributed by atoms with Crippen molar-refractivity contribution in [1.29, 1.82) is 0 Å². The summed E-state index contributed by atoms with van der Waals surface area (Å²) in [5.41, 5.74) is 0.551. The minimum absolute atomic E-state index is 0.234. The molecule has 0 aromatic carbocycles. The van der Waals surface area contributed by atoms with E-state index in [1.165, 1.54) is 17.5 Å². The van der Waals surface area contributed by atoms with Crippen molar-refractivity contribution < 1.29 is 4.79 Å². The first-order valence-corrected chi connectivity index (χ1v) is 6.33. The third kappa shape index (κ3) is 2.20. The van der Waals surface area contributed by atoms with Crippen molar-refractivity contribution in [2.45, 2.75) is 31.7 Å². The van der Waals surface area contributed by atoms with Crippen molar-refractivity contribution in [3.05, 3.63) is 18.0 Å². The van der Waals surface area contributed by atoms with E-state index in [0.717, 1.165) is 12.8 Å². The van der Waals surface area contributed by atoms with Crippen molar-refractivity contribution in [2.24, 2.45) is 7.05 Å². The number of amides is 1. The SMILES string of the molecule is Cn1nnnc1NC(=O)c1ccnn1C1CCCC1. The Bertz CT molecular complexity index is 581. The quantitative estimate of drug-likeness (QED) is 0.881. The lowest BCUT2D eigenvalue weighted by Gasteiger charge is -2.13. The maximum absolute atomic E-state index is 12.2.